The quantitative estimate of drug-likeness (QED) is 0.602. The van der Waals surface area contributed by atoms with Crippen LogP contribution >= 0.6 is 11.8 Å². The van der Waals surface area contributed by atoms with E-state index in [1.165, 1.54) is 10.3 Å². The lowest BCUT2D eigenvalue weighted by Crippen LogP contribution is -2.06. The first-order chi connectivity index (χ1) is 7.46. The molecule has 1 aromatic heterocycles. The van der Waals surface area contributed by atoms with Gasteiger partial charge in [0.25, 0.3) is 0 Å². The van der Waals surface area contributed by atoms with E-state index in [-0.39, 0.29) is 4.75 Å². The second kappa shape index (κ2) is 3.98. The molecule has 0 spiro atoms. The van der Waals surface area contributed by atoms with Gasteiger partial charge < -0.3 is 5.73 Å². The lowest BCUT2D eigenvalue weighted by Gasteiger charge is -2.18. The summed E-state index contributed by atoms with van der Waals surface area (Å²) in [4.78, 5) is 5.60. The van der Waals surface area contributed by atoms with Crippen LogP contribution in [0.5, 0.6) is 0 Å². The van der Waals surface area contributed by atoms with Crippen molar-refractivity contribution in [3.05, 3.63) is 30.5 Å². The number of nitrogens with two attached hydrogens (primary N) is 1. The van der Waals surface area contributed by atoms with Crippen LogP contribution in [0, 0.1) is 0 Å². The van der Waals surface area contributed by atoms with Crippen molar-refractivity contribution in [1.29, 1.82) is 0 Å². The van der Waals surface area contributed by atoms with Crippen molar-refractivity contribution in [3.8, 4) is 0 Å². The SMILES string of the molecule is CC(C)(C)Sc1ccnc2cc(N)ccc12. The Morgan fingerprint density at radius 1 is 1.19 bits per heavy atom. The Balaban J connectivity index is 2.54. The van der Waals surface area contributed by atoms with Crippen LogP contribution in [0.25, 0.3) is 10.9 Å². The van der Waals surface area contributed by atoms with Gasteiger partial charge in [0.1, 0.15) is 0 Å². The molecule has 1 heterocycles. The van der Waals surface area contributed by atoms with Crippen molar-refractivity contribution in [2.45, 2.75) is 30.4 Å². The number of nitrogens with zero attached hydrogens (tertiary/aromatic N) is 1. The van der Waals surface area contributed by atoms with E-state index in [1.54, 1.807) is 0 Å². The number of thioether (sulfide) groups is 1. The molecule has 0 fully saturated rings. The van der Waals surface area contributed by atoms with Gasteiger partial charge in [0.2, 0.25) is 0 Å². The first-order valence-corrected chi connectivity index (χ1v) is 6.11. The van der Waals surface area contributed by atoms with Crippen LogP contribution < -0.4 is 5.73 Å². The summed E-state index contributed by atoms with van der Waals surface area (Å²) in [7, 11) is 0. The second-order valence-corrected chi connectivity index (χ2v) is 6.67. The normalized spacial score (nSPS) is 11.9. The topological polar surface area (TPSA) is 38.9 Å². The minimum Gasteiger partial charge on any atom is -0.399 e. The van der Waals surface area contributed by atoms with Crippen LogP contribution in [0.1, 0.15) is 20.8 Å². The number of rotatable bonds is 1. The fourth-order valence-corrected chi connectivity index (χ4v) is 2.63. The standard InChI is InChI=1S/C13H16N2S/c1-13(2,3)16-12-6-7-15-11-8-9(14)4-5-10(11)12/h4-8H,14H2,1-3H3. The van der Waals surface area contributed by atoms with E-state index in [1.807, 2.05) is 36.2 Å². The molecule has 16 heavy (non-hydrogen) atoms. The molecule has 1 aromatic carbocycles. The van der Waals surface area contributed by atoms with Gasteiger partial charge in [-0.15, -0.1) is 11.8 Å². The summed E-state index contributed by atoms with van der Waals surface area (Å²) in [5, 5.41) is 1.18. The van der Waals surface area contributed by atoms with E-state index in [9.17, 15) is 0 Å². The zero-order valence-corrected chi connectivity index (χ0v) is 10.6. The third-order valence-corrected chi connectivity index (χ3v) is 3.33. The van der Waals surface area contributed by atoms with Crippen LogP contribution in [-0.2, 0) is 0 Å². The van der Waals surface area contributed by atoms with Gasteiger partial charge in [-0.2, -0.15) is 0 Å². The van der Waals surface area contributed by atoms with Gasteiger partial charge >= 0.3 is 0 Å². The molecule has 0 aliphatic rings. The fourth-order valence-electron chi connectivity index (χ4n) is 1.56. The Bertz CT molecular complexity index is 515. The molecule has 2 aromatic rings. The molecule has 0 unspecified atom stereocenters. The molecule has 0 aliphatic carbocycles. The van der Waals surface area contributed by atoms with E-state index in [2.05, 4.69) is 31.8 Å². The number of fused-ring (bicyclic) bond motifs is 1. The average molecular weight is 232 g/mol. The summed E-state index contributed by atoms with van der Waals surface area (Å²) in [6, 6.07) is 7.96. The highest BCUT2D eigenvalue weighted by atomic mass is 32.2. The minimum absolute atomic E-state index is 0.204. The molecule has 84 valence electrons. The third-order valence-electron chi connectivity index (χ3n) is 2.14. The number of pyridine rings is 1. The van der Waals surface area contributed by atoms with Gasteiger partial charge in [-0.1, -0.05) is 20.8 Å². The van der Waals surface area contributed by atoms with Gasteiger partial charge in [0.15, 0.2) is 0 Å². The van der Waals surface area contributed by atoms with Crippen LogP contribution in [-0.4, -0.2) is 9.73 Å². The summed E-state index contributed by atoms with van der Waals surface area (Å²) in [6.07, 6.45) is 1.84. The maximum Gasteiger partial charge on any atom is 0.0733 e. The first kappa shape index (κ1) is 11.3. The van der Waals surface area contributed by atoms with Crippen LogP contribution in [0.4, 0.5) is 5.69 Å². The summed E-state index contributed by atoms with van der Waals surface area (Å²) in [5.74, 6) is 0. The first-order valence-electron chi connectivity index (χ1n) is 5.29. The molecular weight excluding hydrogens is 216 g/mol. The van der Waals surface area contributed by atoms with Crippen LogP contribution in [0.3, 0.4) is 0 Å². The van der Waals surface area contributed by atoms with Gasteiger partial charge in [-0.05, 0) is 24.3 Å². The maximum absolute atomic E-state index is 5.75. The fraction of sp³-hybridized carbons (Fsp3) is 0.308. The Labute approximate surface area is 100 Å². The van der Waals surface area contributed by atoms with E-state index in [0.717, 1.165) is 11.2 Å². The Morgan fingerprint density at radius 2 is 1.94 bits per heavy atom. The van der Waals surface area contributed by atoms with Gasteiger partial charge in [0.05, 0.1) is 5.52 Å². The summed E-state index contributed by atoms with van der Waals surface area (Å²) in [5.41, 5.74) is 7.48. The number of nitrogen functional groups attached to an aromatic ring is 1. The lowest BCUT2D eigenvalue weighted by molar-refractivity contribution is 0.803. The molecule has 0 amide bonds. The zero-order valence-electron chi connectivity index (χ0n) is 9.82. The molecule has 0 saturated carbocycles. The van der Waals surface area contributed by atoms with E-state index in [0.29, 0.717) is 0 Å². The highest BCUT2D eigenvalue weighted by Crippen LogP contribution is 2.36. The predicted molar refractivity (Wildman–Crippen MR) is 71.8 cm³/mol. The summed E-state index contributed by atoms with van der Waals surface area (Å²) >= 11 is 1.86. The van der Waals surface area contributed by atoms with Crippen molar-refractivity contribution >= 4 is 28.4 Å². The molecule has 2 rings (SSSR count). The number of anilines is 1. The number of benzene rings is 1. The summed E-state index contributed by atoms with van der Waals surface area (Å²) in [6.45, 7) is 6.63. The van der Waals surface area contributed by atoms with E-state index >= 15 is 0 Å². The molecular formula is C13H16N2S. The number of hydrogen-bond acceptors (Lipinski definition) is 3. The lowest BCUT2D eigenvalue weighted by atomic mass is 10.2. The summed E-state index contributed by atoms with van der Waals surface area (Å²) < 4.78 is 0.204. The van der Waals surface area contributed by atoms with Crippen LogP contribution in [0.15, 0.2) is 35.4 Å². The van der Waals surface area contributed by atoms with Gasteiger partial charge in [-0.25, -0.2) is 0 Å². The van der Waals surface area contributed by atoms with Gasteiger partial charge in [0, 0.05) is 26.9 Å². The van der Waals surface area contributed by atoms with E-state index < -0.39 is 0 Å². The zero-order chi connectivity index (χ0) is 11.8. The Morgan fingerprint density at radius 3 is 2.62 bits per heavy atom. The number of aromatic nitrogens is 1. The second-order valence-electron chi connectivity index (χ2n) is 4.80. The van der Waals surface area contributed by atoms with Crippen LogP contribution in [0.2, 0.25) is 0 Å². The van der Waals surface area contributed by atoms with Crippen molar-refractivity contribution in [3.63, 3.8) is 0 Å². The monoisotopic (exact) mass is 232 g/mol. The average Bonchev–Trinajstić information content (AvgIpc) is 2.15. The molecule has 0 radical (unpaired) electrons. The third kappa shape index (κ3) is 2.47. The molecule has 3 heteroatoms. The Kier molecular flexibility index (Phi) is 2.80. The highest BCUT2D eigenvalue weighted by Gasteiger charge is 2.14. The molecule has 0 saturated heterocycles. The predicted octanol–water partition coefficient (Wildman–Crippen LogP) is 3.71. The molecule has 2 nitrogen and oxygen atoms in total. The van der Waals surface area contributed by atoms with Gasteiger partial charge in [-0.3, -0.25) is 4.98 Å². The van der Waals surface area contributed by atoms with Crippen molar-refractivity contribution < 1.29 is 0 Å². The molecule has 2 N–H and O–H groups in total. The Hall–Kier alpha value is -1.22. The maximum atomic E-state index is 5.75. The van der Waals surface area contributed by atoms with Crippen molar-refractivity contribution in [2.75, 3.05) is 5.73 Å². The molecule has 0 aliphatic heterocycles. The minimum atomic E-state index is 0.204. The van der Waals surface area contributed by atoms with Crippen molar-refractivity contribution in [2.24, 2.45) is 0 Å². The highest BCUT2D eigenvalue weighted by molar-refractivity contribution is 8.00. The van der Waals surface area contributed by atoms with E-state index in [4.69, 9.17) is 5.73 Å². The van der Waals surface area contributed by atoms with Crippen molar-refractivity contribution in [1.82, 2.24) is 4.98 Å². The molecule has 0 atom stereocenters. The largest absolute Gasteiger partial charge is 0.399 e. The smallest absolute Gasteiger partial charge is 0.0733 e. The number of hydrogen-bond donors (Lipinski definition) is 1. The molecule has 0 bridgehead atoms.